The molecule has 0 aromatic rings. The summed E-state index contributed by atoms with van der Waals surface area (Å²) in [7, 11) is 6.64. The molecule has 0 radical (unpaired) electrons. The van der Waals surface area contributed by atoms with Gasteiger partial charge in [-0.05, 0) is 6.42 Å². The molecule has 1 nitrogen and oxygen atoms in total. The van der Waals surface area contributed by atoms with Crippen LogP contribution in [0.4, 0.5) is 0 Å². The van der Waals surface area contributed by atoms with Crippen molar-refractivity contribution in [3.8, 4) is 0 Å². The van der Waals surface area contributed by atoms with Crippen LogP contribution in [0.2, 0.25) is 0 Å². The molecule has 0 aromatic carbocycles. The molecule has 0 fully saturated rings. The Bertz CT molecular complexity index is 78.2. The van der Waals surface area contributed by atoms with Gasteiger partial charge < -0.3 is 21.5 Å². The van der Waals surface area contributed by atoms with Crippen molar-refractivity contribution in [2.75, 3.05) is 27.7 Å². The summed E-state index contributed by atoms with van der Waals surface area (Å²) in [5.41, 5.74) is 0. The highest BCUT2D eigenvalue weighted by Crippen LogP contribution is 2.07. The maximum Gasteiger partial charge on any atom is 0.0907 e. The molecular formula is C7H17Br2N. The average Bonchev–Trinajstić information content (AvgIpc) is 1.62. The van der Waals surface area contributed by atoms with Crippen LogP contribution in [0.5, 0.6) is 0 Å². The number of hydrogen-bond acceptors (Lipinski definition) is 0. The zero-order valence-corrected chi connectivity index (χ0v) is 10.4. The Hall–Kier alpha value is 0.920. The van der Waals surface area contributed by atoms with Crippen molar-refractivity contribution in [2.45, 2.75) is 18.2 Å². The van der Waals surface area contributed by atoms with Crippen molar-refractivity contribution in [1.82, 2.24) is 0 Å². The van der Waals surface area contributed by atoms with Crippen LogP contribution >= 0.6 is 15.9 Å². The monoisotopic (exact) mass is 273 g/mol. The van der Waals surface area contributed by atoms with E-state index in [1.165, 1.54) is 13.0 Å². The third-order valence-corrected chi connectivity index (χ3v) is 2.13. The average molecular weight is 275 g/mol. The van der Waals surface area contributed by atoms with Crippen LogP contribution in [-0.4, -0.2) is 37.0 Å². The molecule has 64 valence electrons. The standard InChI is InChI=1S/C7H17BrN.BrH/c1-5-7(8)6-9(2,3)4;/h7H,5-6H2,1-4H3;1H/q+1;/p-1. The van der Waals surface area contributed by atoms with Gasteiger partial charge in [-0.2, -0.15) is 0 Å². The van der Waals surface area contributed by atoms with E-state index in [0.29, 0.717) is 4.83 Å². The molecule has 0 aliphatic carbocycles. The number of nitrogens with zero attached hydrogens (tertiary/aromatic N) is 1. The van der Waals surface area contributed by atoms with Crippen molar-refractivity contribution in [3.63, 3.8) is 0 Å². The molecule has 0 aliphatic rings. The largest absolute Gasteiger partial charge is 1.00 e. The summed E-state index contributed by atoms with van der Waals surface area (Å²) in [5.74, 6) is 0. The molecule has 0 bridgehead atoms. The predicted molar refractivity (Wildman–Crippen MR) is 45.9 cm³/mol. The topological polar surface area (TPSA) is 0 Å². The van der Waals surface area contributed by atoms with E-state index in [0.717, 1.165) is 4.48 Å². The van der Waals surface area contributed by atoms with Gasteiger partial charge in [0.05, 0.1) is 32.5 Å². The lowest BCUT2D eigenvalue weighted by Gasteiger charge is -2.25. The lowest BCUT2D eigenvalue weighted by atomic mass is 10.3. The normalized spacial score (nSPS) is 14.1. The van der Waals surface area contributed by atoms with E-state index in [1.807, 2.05) is 0 Å². The molecule has 0 saturated heterocycles. The van der Waals surface area contributed by atoms with Crippen molar-refractivity contribution in [3.05, 3.63) is 0 Å². The van der Waals surface area contributed by atoms with Gasteiger partial charge in [-0.3, -0.25) is 0 Å². The number of quaternary nitrogens is 1. The summed E-state index contributed by atoms with van der Waals surface area (Å²) in [4.78, 5) is 0.678. The van der Waals surface area contributed by atoms with Crippen molar-refractivity contribution in [1.29, 1.82) is 0 Å². The van der Waals surface area contributed by atoms with Crippen LogP contribution in [0.3, 0.4) is 0 Å². The first kappa shape index (κ1) is 13.5. The molecule has 0 amide bonds. The van der Waals surface area contributed by atoms with Gasteiger partial charge in [-0.1, -0.05) is 22.9 Å². The molecule has 0 N–H and O–H groups in total. The minimum atomic E-state index is 0. The summed E-state index contributed by atoms with van der Waals surface area (Å²) >= 11 is 3.60. The lowest BCUT2D eigenvalue weighted by Crippen LogP contribution is -3.00. The molecule has 0 rings (SSSR count). The SMILES string of the molecule is CCC(Br)C[N+](C)(C)C.[Br-]. The maximum atomic E-state index is 3.60. The van der Waals surface area contributed by atoms with Gasteiger partial charge in [0.15, 0.2) is 0 Å². The van der Waals surface area contributed by atoms with Crippen LogP contribution < -0.4 is 17.0 Å². The molecule has 1 atom stereocenters. The van der Waals surface area contributed by atoms with E-state index in [-0.39, 0.29) is 17.0 Å². The number of alkyl halides is 1. The second kappa shape index (κ2) is 5.56. The van der Waals surface area contributed by atoms with Gasteiger partial charge >= 0.3 is 0 Å². The summed E-state index contributed by atoms with van der Waals surface area (Å²) in [5, 5.41) is 0. The third-order valence-electron chi connectivity index (χ3n) is 1.19. The van der Waals surface area contributed by atoms with E-state index in [2.05, 4.69) is 44.0 Å². The van der Waals surface area contributed by atoms with Gasteiger partial charge in [0, 0.05) is 0 Å². The van der Waals surface area contributed by atoms with Crippen molar-refractivity contribution < 1.29 is 21.5 Å². The van der Waals surface area contributed by atoms with Crippen LogP contribution in [0.25, 0.3) is 0 Å². The van der Waals surface area contributed by atoms with Gasteiger partial charge in [0.1, 0.15) is 0 Å². The van der Waals surface area contributed by atoms with E-state index in [1.54, 1.807) is 0 Å². The zero-order valence-electron chi connectivity index (χ0n) is 7.19. The van der Waals surface area contributed by atoms with Crippen LogP contribution in [0, 0.1) is 0 Å². The number of hydrogen-bond donors (Lipinski definition) is 0. The summed E-state index contributed by atoms with van der Waals surface area (Å²) in [6.45, 7) is 3.41. The Morgan fingerprint density at radius 3 is 1.80 bits per heavy atom. The molecule has 0 saturated carbocycles. The minimum Gasteiger partial charge on any atom is -1.00 e. The number of rotatable bonds is 3. The van der Waals surface area contributed by atoms with Crippen LogP contribution in [0.15, 0.2) is 0 Å². The first-order valence-electron chi connectivity index (χ1n) is 3.40. The Labute approximate surface area is 83.3 Å². The van der Waals surface area contributed by atoms with Gasteiger partial charge in [0.25, 0.3) is 0 Å². The second-order valence-electron chi connectivity index (χ2n) is 3.48. The second-order valence-corrected chi connectivity index (χ2v) is 4.77. The van der Waals surface area contributed by atoms with Gasteiger partial charge in [-0.25, -0.2) is 0 Å². The molecule has 0 aliphatic heterocycles. The molecular weight excluding hydrogens is 258 g/mol. The quantitative estimate of drug-likeness (QED) is 0.452. The molecule has 0 aromatic heterocycles. The summed E-state index contributed by atoms with van der Waals surface area (Å²) in [6.07, 6.45) is 1.22. The Kier molecular flexibility index (Phi) is 7.50. The van der Waals surface area contributed by atoms with Crippen molar-refractivity contribution in [2.24, 2.45) is 0 Å². The first-order chi connectivity index (χ1) is 3.95. The third kappa shape index (κ3) is 8.92. The molecule has 0 spiro atoms. The first-order valence-corrected chi connectivity index (χ1v) is 4.32. The Balaban J connectivity index is 0. The van der Waals surface area contributed by atoms with Crippen LogP contribution in [-0.2, 0) is 0 Å². The summed E-state index contributed by atoms with van der Waals surface area (Å²) < 4.78 is 1.05. The molecule has 1 unspecified atom stereocenters. The smallest absolute Gasteiger partial charge is 0.0907 e. The molecule has 10 heavy (non-hydrogen) atoms. The van der Waals surface area contributed by atoms with E-state index < -0.39 is 0 Å². The van der Waals surface area contributed by atoms with Gasteiger partial charge in [0.2, 0.25) is 0 Å². The molecule has 3 heteroatoms. The lowest BCUT2D eigenvalue weighted by molar-refractivity contribution is -0.869. The zero-order chi connectivity index (χ0) is 7.49. The highest BCUT2D eigenvalue weighted by Gasteiger charge is 2.12. The fourth-order valence-electron chi connectivity index (χ4n) is 0.723. The Morgan fingerprint density at radius 1 is 1.30 bits per heavy atom. The fourth-order valence-corrected chi connectivity index (χ4v) is 1.59. The molecule has 0 heterocycles. The van der Waals surface area contributed by atoms with Gasteiger partial charge in [-0.15, -0.1) is 0 Å². The summed E-state index contributed by atoms with van der Waals surface area (Å²) in [6, 6.07) is 0. The fraction of sp³-hybridized carbons (Fsp3) is 1.00. The van der Waals surface area contributed by atoms with Crippen molar-refractivity contribution >= 4 is 15.9 Å². The van der Waals surface area contributed by atoms with Crippen LogP contribution in [0.1, 0.15) is 13.3 Å². The van der Waals surface area contributed by atoms with E-state index in [4.69, 9.17) is 0 Å². The van der Waals surface area contributed by atoms with E-state index >= 15 is 0 Å². The maximum absolute atomic E-state index is 3.60. The van der Waals surface area contributed by atoms with E-state index in [9.17, 15) is 0 Å². The Morgan fingerprint density at radius 2 is 1.70 bits per heavy atom. The minimum absolute atomic E-state index is 0. The number of halogens is 2. The predicted octanol–water partition coefficient (Wildman–Crippen LogP) is -1.13. The highest BCUT2D eigenvalue weighted by molar-refractivity contribution is 9.09. The highest BCUT2D eigenvalue weighted by atomic mass is 79.9.